The van der Waals surface area contributed by atoms with Gasteiger partial charge in [0.15, 0.2) is 0 Å². The third-order valence-corrected chi connectivity index (χ3v) is 3.04. The average molecular weight is 323 g/mol. The number of hydrogen-bond donors (Lipinski definition) is 1. The van der Waals surface area contributed by atoms with Crippen LogP contribution in [-0.4, -0.2) is 23.5 Å². The molecule has 0 aliphatic rings. The van der Waals surface area contributed by atoms with E-state index in [-0.39, 0.29) is 12.3 Å². The monoisotopic (exact) mass is 323 g/mol. The van der Waals surface area contributed by atoms with Crippen molar-refractivity contribution in [3.8, 4) is 0 Å². The number of hydrogen-bond acceptors (Lipinski definition) is 3. The molecule has 1 atom stereocenters. The maximum absolute atomic E-state index is 13.6. The molecule has 0 aliphatic heterocycles. The number of amides is 1. The molecule has 0 unspecified atom stereocenters. The highest BCUT2D eigenvalue weighted by molar-refractivity contribution is 5.85. The molecule has 0 bridgehead atoms. The highest BCUT2D eigenvalue weighted by Crippen LogP contribution is 2.13. The zero-order valence-corrected chi connectivity index (χ0v) is 14.5. The summed E-state index contributed by atoms with van der Waals surface area (Å²) < 4.78 is 19.0. The largest absolute Gasteiger partial charge is 0.458 e. The van der Waals surface area contributed by atoms with E-state index in [9.17, 15) is 14.0 Å². The van der Waals surface area contributed by atoms with Crippen LogP contribution in [0.4, 0.5) is 4.39 Å². The van der Waals surface area contributed by atoms with Gasteiger partial charge in [-0.05, 0) is 44.7 Å². The number of carbonyl (C=O) groups is 2. The van der Waals surface area contributed by atoms with Crippen molar-refractivity contribution < 1.29 is 18.7 Å². The number of halogens is 1. The summed E-state index contributed by atoms with van der Waals surface area (Å²) in [6, 6.07) is 5.38. The lowest BCUT2D eigenvalue weighted by Gasteiger charge is -2.25. The standard InChI is InChI=1S/C18H26FNO3/c1-12(2)10-15(17(22)23-18(3,4)5)20-16(21)11-13-8-6-7-9-14(13)19/h6-9,12,15H,10-11H2,1-5H3,(H,20,21)/t15-/m0/s1. The molecule has 1 amide bonds. The van der Waals surface area contributed by atoms with Gasteiger partial charge in [-0.1, -0.05) is 32.0 Å². The summed E-state index contributed by atoms with van der Waals surface area (Å²) in [5, 5.41) is 2.67. The fraction of sp³-hybridized carbons (Fsp3) is 0.556. The van der Waals surface area contributed by atoms with Crippen LogP contribution < -0.4 is 5.32 Å². The van der Waals surface area contributed by atoms with Gasteiger partial charge in [-0.25, -0.2) is 9.18 Å². The van der Waals surface area contributed by atoms with Gasteiger partial charge in [0.1, 0.15) is 17.5 Å². The van der Waals surface area contributed by atoms with E-state index in [0.29, 0.717) is 12.0 Å². The van der Waals surface area contributed by atoms with E-state index in [4.69, 9.17) is 4.74 Å². The smallest absolute Gasteiger partial charge is 0.329 e. The summed E-state index contributed by atoms with van der Waals surface area (Å²) >= 11 is 0. The first kappa shape index (κ1) is 19.1. The number of rotatable bonds is 6. The molecule has 0 saturated heterocycles. The number of esters is 1. The highest BCUT2D eigenvalue weighted by atomic mass is 19.1. The van der Waals surface area contributed by atoms with Gasteiger partial charge in [-0.2, -0.15) is 0 Å². The minimum absolute atomic E-state index is 0.107. The lowest BCUT2D eigenvalue weighted by molar-refractivity contribution is -0.159. The van der Waals surface area contributed by atoms with Gasteiger partial charge in [0.05, 0.1) is 6.42 Å². The fourth-order valence-electron chi connectivity index (χ4n) is 2.12. The van der Waals surface area contributed by atoms with Crippen molar-refractivity contribution in [1.82, 2.24) is 5.32 Å². The topological polar surface area (TPSA) is 55.4 Å². The Morgan fingerprint density at radius 1 is 1.22 bits per heavy atom. The molecule has 0 spiro atoms. The molecule has 0 aliphatic carbocycles. The number of benzene rings is 1. The molecular formula is C18H26FNO3. The summed E-state index contributed by atoms with van der Waals surface area (Å²) in [4.78, 5) is 24.4. The average Bonchev–Trinajstić information content (AvgIpc) is 2.38. The Kier molecular flexibility index (Phi) is 6.73. The van der Waals surface area contributed by atoms with Gasteiger partial charge >= 0.3 is 5.97 Å². The Morgan fingerprint density at radius 3 is 2.35 bits per heavy atom. The molecule has 1 N–H and O–H groups in total. The van der Waals surface area contributed by atoms with Crippen LogP contribution in [0.25, 0.3) is 0 Å². The SMILES string of the molecule is CC(C)C[C@H](NC(=O)Cc1ccccc1F)C(=O)OC(C)(C)C. The molecule has 0 saturated carbocycles. The second-order valence-electron chi connectivity index (χ2n) is 7.05. The second kappa shape index (κ2) is 8.09. The molecule has 23 heavy (non-hydrogen) atoms. The van der Waals surface area contributed by atoms with Gasteiger partial charge in [0.25, 0.3) is 0 Å². The molecule has 0 fully saturated rings. The van der Waals surface area contributed by atoms with Gasteiger partial charge in [-0.3, -0.25) is 4.79 Å². The van der Waals surface area contributed by atoms with E-state index in [1.165, 1.54) is 6.07 Å². The summed E-state index contributed by atoms with van der Waals surface area (Å²) in [6.07, 6.45) is 0.363. The lowest BCUT2D eigenvalue weighted by Crippen LogP contribution is -2.45. The van der Waals surface area contributed by atoms with Crippen molar-refractivity contribution in [2.24, 2.45) is 5.92 Å². The zero-order chi connectivity index (χ0) is 17.6. The first-order valence-corrected chi connectivity index (χ1v) is 7.84. The Labute approximate surface area is 137 Å². The number of carbonyl (C=O) groups excluding carboxylic acids is 2. The van der Waals surface area contributed by atoms with Crippen molar-refractivity contribution >= 4 is 11.9 Å². The van der Waals surface area contributed by atoms with Crippen LogP contribution in [0, 0.1) is 11.7 Å². The molecule has 4 nitrogen and oxygen atoms in total. The summed E-state index contributed by atoms with van der Waals surface area (Å²) in [7, 11) is 0. The van der Waals surface area contributed by atoms with Crippen molar-refractivity contribution in [2.75, 3.05) is 0 Å². The molecule has 5 heteroatoms. The van der Waals surface area contributed by atoms with Crippen molar-refractivity contribution in [2.45, 2.75) is 59.1 Å². The van der Waals surface area contributed by atoms with E-state index in [2.05, 4.69) is 5.32 Å². The number of ether oxygens (including phenoxy) is 1. The lowest BCUT2D eigenvalue weighted by atomic mass is 10.0. The van der Waals surface area contributed by atoms with Gasteiger partial charge in [0.2, 0.25) is 5.91 Å². The predicted molar refractivity (Wildman–Crippen MR) is 87.3 cm³/mol. The fourth-order valence-corrected chi connectivity index (χ4v) is 2.12. The van der Waals surface area contributed by atoms with Gasteiger partial charge in [0, 0.05) is 0 Å². The van der Waals surface area contributed by atoms with Crippen LogP contribution in [-0.2, 0) is 20.7 Å². The van der Waals surface area contributed by atoms with E-state index in [0.717, 1.165) is 0 Å². The number of nitrogens with one attached hydrogen (secondary N) is 1. The molecule has 1 rings (SSSR count). The van der Waals surface area contributed by atoms with Crippen LogP contribution >= 0.6 is 0 Å². The minimum atomic E-state index is -0.728. The van der Waals surface area contributed by atoms with Crippen LogP contribution in [0.1, 0.15) is 46.6 Å². The Morgan fingerprint density at radius 2 is 1.83 bits per heavy atom. The predicted octanol–water partition coefficient (Wildman–Crippen LogP) is 3.24. The molecular weight excluding hydrogens is 297 g/mol. The first-order valence-electron chi connectivity index (χ1n) is 7.84. The molecule has 0 heterocycles. The molecule has 0 aromatic heterocycles. The third-order valence-electron chi connectivity index (χ3n) is 3.04. The molecule has 128 valence electrons. The van der Waals surface area contributed by atoms with Gasteiger partial charge < -0.3 is 10.1 Å². The quantitative estimate of drug-likeness (QED) is 0.818. The molecule has 1 aromatic carbocycles. The zero-order valence-electron chi connectivity index (χ0n) is 14.5. The molecule has 0 radical (unpaired) electrons. The highest BCUT2D eigenvalue weighted by Gasteiger charge is 2.27. The van der Waals surface area contributed by atoms with Gasteiger partial charge in [-0.15, -0.1) is 0 Å². The first-order chi connectivity index (χ1) is 10.6. The normalized spacial score (nSPS) is 12.8. The van der Waals surface area contributed by atoms with Crippen molar-refractivity contribution in [3.63, 3.8) is 0 Å². The minimum Gasteiger partial charge on any atom is -0.458 e. The van der Waals surface area contributed by atoms with E-state index < -0.39 is 29.3 Å². The Hall–Kier alpha value is -1.91. The van der Waals surface area contributed by atoms with Crippen molar-refractivity contribution in [1.29, 1.82) is 0 Å². The van der Waals surface area contributed by atoms with Crippen LogP contribution in [0.5, 0.6) is 0 Å². The maximum Gasteiger partial charge on any atom is 0.329 e. The summed E-state index contributed by atoms with van der Waals surface area (Å²) in [5.41, 5.74) is -0.319. The van der Waals surface area contributed by atoms with Crippen LogP contribution in [0.2, 0.25) is 0 Å². The van der Waals surface area contributed by atoms with Crippen LogP contribution in [0.3, 0.4) is 0 Å². The molecule has 1 aromatic rings. The third kappa shape index (κ3) is 7.26. The van der Waals surface area contributed by atoms with E-state index in [1.54, 1.807) is 39.0 Å². The van der Waals surface area contributed by atoms with Crippen molar-refractivity contribution in [3.05, 3.63) is 35.6 Å². The Bertz CT molecular complexity index is 549. The van der Waals surface area contributed by atoms with E-state index in [1.807, 2.05) is 13.8 Å². The summed E-state index contributed by atoms with van der Waals surface area (Å²) in [6.45, 7) is 9.25. The Balaban J connectivity index is 2.74. The van der Waals surface area contributed by atoms with E-state index >= 15 is 0 Å². The maximum atomic E-state index is 13.6. The summed E-state index contributed by atoms with van der Waals surface area (Å²) in [5.74, 6) is -1.08. The van der Waals surface area contributed by atoms with Crippen LogP contribution in [0.15, 0.2) is 24.3 Å². The second-order valence-corrected chi connectivity index (χ2v) is 7.05.